The first kappa shape index (κ1) is 19.6. The summed E-state index contributed by atoms with van der Waals surface area (Å²) in [7, 11) is 1.74. The molecule has 0 aliphatic heterocycles. The third kappa shape index (κ3) is 3.92. The van der Waals surface area contributed by atoms with Gasteiger partial charge in [0.05, 0.1) is 11.4 Å². The molecular weight excluding hydrogens is 467 g/mol. The molecule has 0 fully saturated rings. The Labute approximate surface area is 175 Å². The molecule has 0 unspecified atom stereocenters. The molecule has 0 radical (unpaired) electrons. The fourth-order valence-corrected chi connectivity index (χ4v) is 3.13. The van der Waals surface area contributed by atoms with Crippen LogP contribution in [0.1, 0.15) is 11.3 Å². The minimum atomic E-state index is -0.618. The van der Waals surface area contributed by atoms with Crippen LogP contribution in [-0.2, 0) is 11.8 Å². The van der Waals surface area contributed by atoms with E-state index < -0.39 is 5.91 Å². The molecule has 0 spiro atoms. The van der Waals surface area contributed by atoms with Crippen molar-refractivity contribution in [3.05, 3.63) is 85.4 Å². The topological polar surface area (TPSA) is 79.8 Å². The number of hydrogen-bond acceptors (Lipinski definition) is 3. The second kappa shape index (κ2) is 8.27. The first-order chi connectivity index (χ1) is 13.4. The molecule has 1 amide bonds. The Morgan fingerprint density at radius 1 is 1.14 bits per heavy atom. The summed E-state index contributed by atoms with van der Waals surface area (Å²) in [5, 5.41) is 12.0. The van der Waals surface area contributed by atoms with Crippen molar-refractivity contribution >= 4 is 40.3 Å². The van der Waals surface area contributed by atoms with Crippen LogP contribution in [0.3, 0.4) is 0 Å². The molecule has 7 heteroatoms. The van der Waals surface area contributed by atoms with E-state index in [1.165, 1.54) is 10.8 Å². The molecule has 1 heterocycles. The van der Waals surface area contributed by atoms with Crippen LogP contribution < -0.4 is 10.9 Å². The van der Waals surface area contributed by atoms with Crippen molar-refractivity contribution in [2.24, 2.45) is 7.05 Å². The normalized spacial score (nSPS) is 11.1. The Hall–Kier alpha value is -3.12. The molecule has 0 bridgehead atoms. The molecule has 1 aromatic heterocycles. The Morgan fingerprint density at radius 3 is 2.39 bits per heavy atom. The van der Waals surface area contributed by atoms with E-state index in [0.29, 0.717) is 11.4 Å². The lowest BCUT2D eigenvalue weighted by molar-refractivity contribution is -0.112. The zero-order valence-corrected chi connectivity index (χ0v) is 17.5. The smallest absolute Gasteiger partial charge is 0.295 e. The molecule has 3 rings (SSSR count). The van der Waals surface area contributed by atoms with E-state index in [1.807, 2.05) is 60.7 Å². The summed E-state index contributed by atoms with van der Waals surface area (Å²) in [5.74, 6) is -0.618. The third-order valence-electron chi connectivity index (χ3n) is 4.34. The van der Waals surface area contributed by atoms with E-state index in [2.05, 4.69) is 27.9 Å². The second-order valence-electron chi connectivity index (χ2n) is 6.11. The van der Waals surface area contributed by atoms with Crippen molar-refractivity contribution in [1.82, 2.24) is 9.36 Å². The van der Waals surface area contributed by atoms with E-state index in [0.717, 1.165) is 9.13 Å². The van der Waals surface area contributed by atoms with Crippen LogP contribution in [0.5, 0.6) is 0 Å². The number of carbonyl (C=O) groups excluding carboxylic acids is 1. The summed E-state index contributed by atoms with van der Waals surface area (Å²) in [6.07, 6.45) is 1.50. The van der Waals surface area contributed by atoms with Gasteiger partial charge in [0, 0.05) is 10.6 Å². The summed E-state index contributed by atoms with van der Waals surface area (Å²) in [6.45, 7) is 1.74. The van der Waals surface area contributed by atoms with Crippen molar-refractivity contribution in [1.29, 1.82) is 5.26 Å². The number of rotatable bonds is 4. The predicted molar refractivity (Wildman–Crippen MR) is 117 cm³/mol. The van der Waals surface area contributed by atoms with Crippen LogP contribution in [0.15, 0.2) is 65.0 Å². The number of carbonyl (C=O) groups is 1. The molecular formula is C21H17IN4O2. The molecule has 28 heavy (non-hydrogen) atoms. The van der Waals surface area contributed by atoms with E-state index in [9.17, 15) is 14.9 Å². The fraction of sp³-hybridized carbons (Fsp3) is 0.0952. The van der Waals surface area contributed by atoms with Crippen LogP contribution in [0, 0.1) is 21.8 Å². The zero-order chi connectivity index (χ0) is 20.3. The summed E-state index contributed by atoms with van der Waals surface area (Å²) in [4.78, 5) is 25.5. The van der Waals surface area contributed by atoms with Gasteiger partial charge in [-0.3, -0.25) is 14.3 Å². The highest BCUT2D eigenvalue weighted by Crippen LogP contribution is 2.16. The molecule has 0 saturated carbocycles. The van der Waals surface area contributed by atoms with Gasteiger partial charge >= 0.3 is 0 Å². The first-order valence-electron chi connectivity index (χ1n) is 8.45. The lowest BCUT2D eigenvalue weighted by atomic mass is 10.1. The summed E-state index contributed by atoms with van der Waals surface area (Å²) in [5.41, 5.74) is 1.74. The summed E-state index contributed by atoms with van der Waals surface area (Å²) < 4.78 is 4.20. The van der Waals surface area contributed by atoms with Gasteiger partial charge < -0.3 is 5.32 Å². The average Bonchev–Trinajstić information content (AvgIpc) is 2.91. The van der Waals surface area contributed by atoms with Crippen molar-refractivity contribution < 1.29 is 4.79 Å². The van der Waals surface area contributed by atoms with Gasteiger partial charge in [0.2, 0.25) is 0 Å². The lowest BCUT2D eigenvalue weighted by Gasteiger charge is -2.07. The Bertz CT molecular complexity index is 1150. The van der Waals surface area contributed by atoms with Gasteiger partial charge in [0.25, 0.3) is 11.5 Å². The summed E-state index contributed by atoms with van der Waals surface area (Å²) >= 11 is 2.18. The maximum absolute atomic E-state index is 12.9. The SMILES string of the molecule is Cc1c(NC(=O)C(C#N)=Cc2ccc(I)cc2)c(=O)n(-c2ccccc2)n1C. The van der Waals surface area contributed by atoms with E-state index in [4.69, 9.17) is 0 Å². The number of nitrogens with zero attached hydrogens (tertiary/aromatic N) is 3. The second-order valence-corrected chi connectivity index (χ2v) is 7.36. The van der Waals surface area contributed by atoms with Crippen LogP contribution in [0.25, 0.3) is 11.8 Å². The lowest BCUT2D eigenvalue weighted by Crippen LogP contribution is -2.23. The number of nitrogens with one attached hydrogen (secondary N) is 1. The zero-order valence-electron chi connectivity index (χ0n) is 15.3. The molecule has 140 valence electrons. The molecule has 1 N–H and O–H groups in total. The average molecular weight is 484 g/mol. The Kier molecular flexibility index (Phi) is 5.80. The maximum Gasteiger partial charge on any atom is 0.295 e. The minimum Gasteiger partial charge on any atom is -0.315 e. The highest BCUT2D eigenvalue weighted by molar-refractivity contribution is 14.1. The summed E-state index contributed by atoms with van der Waals surface area (Å²) in [6, 6.07) is 18.5. The number of anilines is 1. The molecule has 0 aliphatic rings. The van der Waals surface area contributed by atoms with E-state index >= 15 is 0 Å². The van der Waals surface area contributed by atoms with Crippen molar-refractivity contribution in [2.75, 3.05) is 5.32 Å². The minimum absolute atomic E-state index is 0.0740. The van der Waals surface area contributed by atoms with Crippen LogP contribution in [0.4, 0.5) is 5.69 Å². The fourth-order valence-electron chi connectivity index (χ4n) is 2.77. The molecule has 0 atom stereocenters. The number of amides is 1. The monoisotopic (exact) mass is 484 g/mol. The number of hydrogen-bond donors (Lipinski definition) is 1. The number of halogens is 1. The van der Waals surface area contributed by atoms with Gasteiger partial charge in [-0.25, -0.2) is 4.68 Å². The number of benzene rings is 2. The quantitative estimate of drug-likeness (QED) is 0.349. The van der Waals surface area contributed by atoms with E-state index in [1.54, 1.807) is 18.7 Å². The van der Waals surface area contributed by atoms with Gasteiger partial charge in [-0.1, -0.05) is 30.3 Å². The molecule has 3 aromatic rings. The Morgan fingerprint density at radius 2 is 1.79 bits per heavy atom. The predicted octanol–water partition coefficient (Wildman–Crippen LogP) is 3.63. The van der Waals surface area contributed by atoms with Gasteiger partial charge in [0.1, 0.15) is 17.3 Å². The van der Waals surface area contributed by atoms with E-state index in [-0.39, 0.29) is 16.8 Å². The van der Waals surface area contributed by atoms with Gasteiger partial charge in [0.15, 0.2) is 0 Å². The molecule has 6 nitrogen and oxygen atoms in total. The van der Waals surface area contributed by atoms with Gasteiger partial charge in [-0.15, -0.1) is 0 Å². The standard InChI is InChI=1S/C21H17IN4O2/c1-14-19(21(28)26(25(14)2)18-6-4-3-5-7-18)24-20(27)16(13-23)12-15-8-10-17(22)11-9-15/h3-12H,1-2H3,(H,24,27). The molecule has 2 aromatic carbocycles. The van der Waals surface area contributed by atoms with Crippen molar-refractivity contribution in [2.45, 2.75) is 6.92 Å². The van der Waals surface area contributed by atoms with Crippen LogP contribution in [0.2, 0.25) is 0 Å². The molecule has 0 saturated heterocycles. The van der Waals surface area contributed by atoms with Gasteiger partial charge in [-0.2, -0.15) is 5.26 Å². The van der Waals surface area contributed by atoms with Crippen LogP contribution >= 0.6 is 22.6 Å². The van der Waals surface area contributed by atoms with Crippen molar-refractivity contribution in [3.63, 3.8) is 0 Å². The van der Waals surface area contributed by atoms with Gasteiger partial charge in [-0.05, 0) is 65.4 Å². The highest BCUT2D eigenvalue weighted by Gasteiger charge is 2.19. The largest absolute Gasteiger partial charge is 0.315 e. The first-order valence-corrected chi connectivity index (χ1v) is 9.53. The Balaban J connectivity index is 1.95. The number of aromatic nitrogens is 2. The maximum atomic E-state index is 12.9. The number of para-hydroxylation sites is 1. The van der Waals surface area contributed by atoms with Crippen LogP contribution in [-0.4, -0.2) is 15.3 Å². The third-order valence-corrected chi connectivity index (χ3v) is 5.06. The molecule has 0 aliphatic carbocycles. The highest BCUT2D eigenvalue weighted by atomic mass is 127. The number of nitriles is 1. The van der Waals surface area contributed by atoms with Crippen molar-refractivity contribution in [3.8, 4) is 11.8 Å².